The van der Waals surface area contributed by atoms with Gasteiger partial charge in [-0.25, -0.2) is 0 Å². The van der Waals surface area contributed by atoms with Gasteiger partial charge in [-0.15, -0.1) is 0 Å². The van der Waals surface area contributed by atoms with E-state index in [2.05, 4.69) is 216 Å². The minimum atomic E-state index is 0.886. The van der Waals surface area contributed by atoms with Gasteiger partial charge in [-0.1, -0.05) is 133 Å². The number of fused-ring (bicyclic) bond motifs is 3. The molecule has 0 bridgehead atoms. The van der Waals surface area contributed by atoms with Crippen LogP contribution in [-0.2, 0) is 6.42 Å². The van der Waals surface area contributed by atoms with Gasteiger partial charge in [0.2, 0.25) is 0 Å². The van der Waals surface area contributed by atoms with E-state index in [-0.39, 0.29) is 0 Å². The van der Waals surface area contributed by atoms with E-state index in [1.807, 2.05) is 0 Å². The molecule has 1 aliphatic carbocycles. The summed E-state index contributed by atoms with van der Waals surface area (Å²) in [5, 5.41) is 0. The molecule has 242 valence electrons. The molecule has 0 aromatic heterocycles. The van der Waals surface area contributed by atoms with Crippen LogP contribution < -0.4 is 9.80 Å². The molecule has 0 saturated heterocycles. The predicted octanol–water partition coefficient (Wildman–Crippen LogP) is 13.5. The second kappa shape index (κ2) is 13.3. The van der Waals surface area contributed by atoms with Crippen molar-refractivity contribution in [1.29, 1.82) is 0 Å². The fraction of sp³-hybridized carbons (Fsp3) is 0.0204. The molecule has 51 heavy (non-hydrogen) atoms. The van der Waals surface area contributed by atoms with E-state index in [9.17, 15) is 0 Å². The summed E-state index contributed by atoms with van der Waals surface area (Å²) in [5.74, 6) is 0. The lowest BCUT2D eigenvalue weighted by Crippen LogP contribution is -2.10. The van der Waals surface area contributed by atoms with Crippen molar-refractivity contribution in [3.05, 3.63) is 217 Å². The van der Waals surface area contributed by atoms with Gasteiger partial charge in [0.05, 0.1) is 0 Å². The summed E-state index contributed by atoms with van der Waals surface area (Å²) in [6.07, 6.45) is 0.886. The second-order valence-electron chi connectivity index (χ2n) is 13.0. The molecule has 0 heterocycles. The minimum absolute atomic E-state index is 0.886. The van der Waals surface area contributed by atoms with Crippen LogP contribution >= 0.6 is 0 Å². The fourth-order valence-electron chi connectivity index (χ4n) is 7.38. The van der Waals surface area contributed by atoms with Gasteiger partial charge in [0.25, 0.3) is 0 Å². The summed E-state index contributed by atoms with van der Waals surface area (Å²) in [5.41, 5.74) is 17.0. The first-order valence-electron chi connectivity index (χ1n) is 17.6. The summed E-state index contributed by atoms with van der Waals surface area (Å²) in [7, 11) is 0. The zero-order valence-electron chi connectivity index (χ0n) is 28.2. The molecule has 0 atom stereocenters. The maximum absolute atomic E-state index is 2.39. The third-order valence-electron chi connectivity index (χ3n) is 9.86. The van der Waals surface area contributed by atoms with Crippen molar-refractivity contribution >= 4 is 34.1 Å². The fourth-order valence-corrected chi connectivity index (χ4v) is 7.38. The lowest BCUT2D eigenvalue weighted by molar-refractivity contribution is 1.22. The van der Waals surface area contributed by atoms with Crippen LogP contribution in [0.2, 0.25) is 0 Å². The monoisotopic (exact) mass is 652 g/mol. The molecular formula is C49H36N2. The molecular weight excluding hydrogens is 617 g/mol. The first kappa shape index (κ1) is 30.4. The van der Waals surface area contributed by atoms with Crippen molar-refractivity contribution in [3.8, 4) is 33.4 Å². The van der Waals surface area contributed by atoms with Crippen LogP contribution in [0.15, 0.2) is 206 Å². The quantitative estimate of drug-likeness (QED) is 0.161. The highest BCUT2D eigenvalue weighted by Crippen LogP contribution is 2.45. The zero-order valence-corrected chi connectivity index (χ0v) is 28.2. The van der Waals surface area contributed by atoms with Crippen molar-refractivity contribution < 1.29 is 0 Å². The Labute approximate surface area is 300 Å². The van der Waals surface area contributed by atoms with Crippen LogP contribution in [0, 0.1) is 0 Å². The number of para-hydroxylation sites is 2. The lowest BCUT2D eigenvalue weighted by Gasteiger charge is -2.26. The van der Waals surface area contributed by atoms with Gasteiger partial charge in [0, 0.05) is 34.1 Å². The first-order chi connectivity index (χ1) is 25.3. The molecule has 9 rings (SSSR count). The number of benzene rings is 8. The van der Waals surface area contributed by atoms with Gasteiger partial charge in [-0.2, -0.15) is 0 Å². The van der Waals surface area contributed by atoms with E-state index in [4.69, 9.17) is 0 Å². The van der Waals surface area contributed by atoms with E-state index in [1.165, 1.54) is 44.5 Å². The van der Waals surface area contributed by atoms with Gasteiger partial charge in [0.15, 0.2) is 0 Å². The molecule has 2 heteroatoms. The number of hydrogen-bond acceptors (Lipinski definition) is 2. The summed E-state index contributed by atoms with van der Waals surface area (Å²) in [6, 6.07) is 74.2. The third-order valence-corrected chi connectivity index (χ3v) is 9.86. The minimum Gasteiger partial charge on any atom is -0.310 e. The molecule has 8 aromatic carbocycles. The molecule has 0 radical (unpaired) electrons. The standard InChI is InChI=1S/C49H36N2/c1-5-13-36(14-6-1)38-21-25-44(26-22-38)51(45-27-23-39(24-28-45)37-15-7-2-8-16-37)47-30-32-49-41(35-47)33-40-34-46(29-31-48(40)49)50(42-17-9-3-10-18-42)43-19-11-4-12-20-43/h1-32,34-35H,33H2. The number of hydrogen-bond donors (Lipinski definition) is 0. The molecule has 2 nitrogen and oxygen atoms in total. The van der Waals surface area contributed by atoms with E-state index >= 15 is 0 Å². The Balaban J connectivity index is 1.08. The maximum atomic E-state index is 2.39. The van der Waals surface area contributed by atoms with E-state index < -0.39 is 0 Å². The van der Waals surface area contributed by atoms with Crippen molar-refractivity contribution in [2.45, 2.75) is 6.42 Å². The smallest absolute Gasteiger partial charge is 0.0464 e. The Morgan fingerprint density at radius 3 is 0.922 bits per heavy atom. The van der Waals surface area contributed by atoms with Crippen LogP contribution in [0.4, 0.5) is 34.1 Å². The van der Waals surface area contributed by atoms with Gasteiger partial charge >= 0.3 is 0 Å². The van der Waals surface area contributed by atoms with E-state index in [1.54, 1.807) is 0 Å². The van der Waals surface area contributed by atoms with Crippen molar-refractivity contribution in [2.75, 3.05) is 9.80 Å². The third kappa shape index (κ3) is 5.98. The normalized spacial score (nSPS) is 11.5. The number of nitrogens with zero attached hydrogens (tertiary/aromatic N) is 2. The van der Waals surface area contributed by atoms with Crippen molar-refractivity contribution in [1.82, 2.24) is 0 Å². The Hall–Kier alpha value is -6.64. The van der Waals surface area contributed by atoms with Crippen LogP contribution in [0.5, 0.6) is 0 Å². The Morgan fingerprint density at radius 2 is 0.549 bits per heavy atom. The Morgan fingerprint density at radius 1 is 0.255 bits per heavy atom. The zero-order chi connectivity index (χ0) is 34.0. The number of anilines is 6. The molecule has 0 N–H and O–H groups in total. The van der Waals surface area contributed by atoms with E-state index in [0.717, 1.165) is 40.5 Å². The van der Waals surface area contributed by atoms with Crippen LogP contribution in [0.1, 0.15) is 11.1 Å². The molecule has 1 aliphatic rings. The van der Waals surface area contributed by atoms with Crippen molar-refractivity contribution in [3.63, 3.8) is 0 Å². The van der Waals surface area contributed by atoms with Gasteiger partial charge in [0.1, 0.15) is 0 Å². The summed E-state index contributed by atoms with van der Waals surface area (Å²) in [6.45, 7) is 0. The number of rotatable bonds is 8. The maximum Gasteiger partial charge on any atom is 0.0464 e. The summed E-state index contributed by atoms with van der Waals surface area (Å²) >= 11 is 0. The molecule has 0 aliphatic heterocycles. The van der Waals surface area contributed by atoms with E-state index in [0.29, 0.717) is 0 Å². The Bertz CT molecular complexity index is 2280. The average molecular weight is 653 g/mol. The summed E-state index contributed by atoms with van der Waals surface area (Å²) in [4.78, 5) is 4.72. The Kier molecular flexibility index (Phi) is 7.96. The molecule has 8 aromatic rings. The SMILES string of the molecule is c1ccc(-c2ccc(N(c3ccc(-c4ccccc4)cc3)c3ccc4c(c3)Cc3cc(N(c5ccccc5)c5ccccc5)ccc3-4)cc2)cc1. The average Bonchev–Trinajstić information content (AvgIpc) is 3.57. The molecule has 0 spiro atoms. The molecule has 0 fully saturated rings. The van der Waals surface area contributed by atoms with Crippen LogP contribution in [0.3, 0.4) is 0 Å². The molecule has 0 amide bonds. The first-order valence-corrected chi connectivity index (χ1v) is 17.6. The molecule has 0 saturated carbocycles. The van der Waals surface area contributed by atoms with Crippen molar-refractivity contribution in [2.24, 2.45) is 0 Å². The van der Waals surface area contributed by atoms with Crippen LogP contribution in [-0.4, -0.2) is 0 Å². The topological polar surface area (TPSA) is 6.48 Å². The largest absolute Gasteiger partial charge is 0.310 e. The van der Waals surface area contributed by atoms with Gasteiger partial charge < -0.3 is 9.80 Å². The second-order valence-corrected chi connectivity index (χ2v) is 13.0. The highest BCUT2D eigenvalue weighted by Gasteiger charge is 2.23. The highest BCUT2D eigenvalue weighted by molar-refractivity contribution is 5.86. The van der Waals surface area contributed by atoms with Crippen LogP contribution in [0.25, 0.3) is 33.4 Å². The predicted molar refractivity (Wildman–Crippen MR) is 215 cm³/mol. The van der Waals surface area contributed by atoms with Gasteiger partial charge in [-0.05, 0) is 124 Å². The van der Waals surface area contributed by atoms with Gasteiger partial charge in [-0.3, -0.25) is 0 Å². The molecule has 0 unspecified atom stereocenters. The summed E-state index contributed by atoms with van der Waals surface area (Å²) < 4.78 is 0. The highest BCUT2D eigenvalue weighted by atomic mass is 15.1. The lowest BCUT2D eigenvalue weighted by atomic mass is 10.0.